The Kier molecular flexibility index (Phi) is 6.74. The summed E-state index contributed by atoms with van der Waals surface area (Å²) in [4.78, 5) is 17.4. The Morgan fingerprint density at radius 3 is 2.28 bits per heavy atom. The van der Waals surface area contributed by atoms with E-state index in [0.29, 0.717) is 29.7 Å². The fraction of sp³-hybridized carbons (Fsp3) is 0.333. The van der Waals surface area contributed by atoms with Gasteiger partial charge in [-0.2, -0.15) is 4.31 Å². The van der Waals surface area contributed by atoms with Gasteiger partial charge in [0, 0.05) is 29.6 Å². The van der Waals surface area contributed by atoms with Gasteiger partial charge in [-0.25, -0.2) is 13.4 Å². The predicted molar refractivity (Wildman–Crippen MR) is 129 cm³/mol. The van der Waals surface area contributed by atoms with Crippen molar-refractivity contribution in [2.45, 2.75) is 43.9 Å². The van der Waals surface area contributed by atoms with Crippen molar-refractivity contribution >= 4 is 32.4 Å². The van der Waals surface area contributed by atoms with Gasteiger partial charge in [-0.1, -0.05) is 44.5 Å². The maximum atomic E-state index is 12.8. The molecule has 0 unspecified atom stereocenters. The Hall–Kier alpha value is -2.55. The number of sulfonamides is 1. The van der Waals surface area contributed by atoms with Gasteiger partial charge in [-0.05, 0) is 48.6 Å². The molecule has 0 atom stereocenters. The first-order chi connectivity index (χ1) is 15.3. The highest BCUT2D eigenvalue weighted by Crippen LogP contribution is 2.27. The first kappa shape index (κ1) is 22.6. The van der Waals surface area contributed by atoms with Crippen LogP contribution in [-0.2, 0) is 10.0 Å². The van der Waals surface area contributed by atoms with Crippen molar-refractivity contribution in [1.82, 2.24) is 9.29 Å². The number of piperidine rings is 1. The number of aromatic nitrogens is 1. The number of thiazole rings is 1. The van der Waals surface area contributed by atoms with E-state index in [1.165, 1.54) is 33.3 Å². The summed E-state index contributed by atoms with van der Waals surface area (Å²) < 4.78 is 27.1. The number of rotatable bonds is 6. The number of hydrogen-bond donors (Lipinski definition) is 1. The number of amides is 1. The minimum absolute atomic E-state index is 0.220. The number of anilines is 1. The molecular formula is C24H27N3O3S2. The van der Waals surface area contributed by atoms with Crippen LogP contribution in [0.1, 0.15) is 54.9 Å². The third kappa shape index (κ3) is 4.92. The molecule has 4 rings (SSSR count). The van der Waals surface area contributed by atoms with Crippen LogP contribution >= 0.6 is 11.3 Å². The molecule has 32 heavy (non-hydrogen) atoms. The van der Waals surface area contributed by atoms with E-state index in [-0.39, 0.29) is 10.8 Å². The van der Waals surface area contributed by atoms with Crippen LogP contribution < -0.4 is 5.32 Å². The van der Waals surface area contributed by atoms with Crippen LogP contribution in [0, 0.1) is 0 Å². The van der Waals surface area contributed by atoms with E-state index in [2.05, 4.69) is 36.3 Å². The Morgan fingerprint density at radius 1 is 1.00 bits per heavy atom. The average Bonchev–Trinajstić information content (AvgIpc) is 3.28. The lowest BCUT2D eigenvalue weighted by Crippen LogP contribution is -2.35. The molecule has 0 aliphatic carbocycles. The van der Waals surface area contributed by atoms with E-state index in [9.17, 15) is 13.2 Å². The zero-order valence-electron chi connectivity index (χ0n) is 18.2. The second-order valence-electron chi connectivity index (χ2n) is 8.26. The molecule has 3 aromatic rings. The summed E-state index contributed by atoms with van der Waals surface area (Å²) in [7, 11) is -3.51. The molecule has 1 fully saturated rings. The molecule has 1 saturated heterocycles. The number of carbonyl (C=O) groups is 1. The van der Waals surface area contributed by atoms with Crippen LogP contribution in [0.25, 0.3) is 11.3 Å². The van der Waals surface area contributed by atoms with Gasteiger partial charge in [0.15, 0.2) is 5.13 Å². The second-order valence-corrected chi connectivity index (χ2v) is 11.1. The number of carbonyl (C=O) groups excluding carboxylic acids is 1. The fourth-order valence-corrected chi connectivity index (χ4v) is 5.94. The molecule has 0 saturated carbocycles. The lowest BCUT2D eigenvalue weighted by Gasteiger charge is -2.25. The van der Waals surface area contributed by atoms with E-state index < -0.39 is 10.0 Å². The molecule has 8 heteroatoms. The molecule has 2 heterocycles. The molecule has 1 amide bonds. The first-order valence-corrected chi connectivity index (χ1v) is 13.1. The molecule has 6 nitrogen and oxygen atoms in total. The minimum atomic E-state index is -3.51. The van der Waals surface area contributed by atoms with E-state index in [0.717, 1.165) is 30.5 Å². The largest absolute Gasteiger partial charge is 0.298 e. The van der Waals surface area contributed by atoms with Gasteiger partial charge in [0.1, 0.15) is 0 Å². The molecule has 1 aliphatic heterocycles. The molecule has 1 aromatic heterocycles. The van der Waals surface area contributed by atoms with Crippen LogP contribution in [0.4, 0.5) is 5.13 Å². The Morgan fingerprint density at radius 2 is 1.66 bits per heavy atom. The molecule has 1 aliphatic rings. The van der Waals surface area contributed by atoms with Crippen LogP contribution in [0.3, 0.4) is 0 Å². The zero-order valence-corrected chi connectivity index (χ0v) is 19.9. The summed E-state index contributed by atoms with van der Waals surface area (Å²) in [6.07, 6.45) is 2.83. The molecule has 168 valence electrons. The molecule has 0 bridgehead atoms. The minimum Gasteiger partial charge on any atom is -0.298 e. The Bertz CT molecular complexity index is 1180. The van der Waals surface area contributed by atoms with Crippen LogP contribution in [0.15, 0.2) is 58.8 Å². The van der Waals surface area contributed by atoms with E-state index >= 15 is 0 Å². The molecular weight excluding hydrogens is 442 g/mol. The van der Waals surface area contributed by atoms with Gasteiger partial charge in [0.05, 0.1) is 10.6 Å². The van der Waals surface area contributed by atoms with Gasteiger partial charge in [-0.15, -0.1) is 11.3 Å². The summed E-state index contributed by atoms with van der Waals surface area (Å²) in [6.45, 7) is 5.41. The third-order valence-electron chi connectivity index (χ3n) is 5.67. The highest BCUT2D eigenvalue weighted by molar-refractivity contribution is 7.89. The summed E-state index contributed by atoms with van der Waals surface area (Å²) in [5.74, 6) is 0.151. The van der Waals surface area contributed by atoms with Crippen molar-refractivity contribution in [2.24, 2.45) is 0 Å². The quantitative estimate of drug-likeness (QED) is 0.527. The van der Waals surface area contributed by atoms with Crippen LogP contribution in [0.5, 0.6) is 0 Å². The molecule has 0 spiro atoms. The number of benzene rings is 2. The molecule has 2 aromatic carbocycles. The highest BCUT2D eigenvalue weighted by Gasteiger charge is 2.26. The normalized spacial score (nSPS) is 15.1. The monoisotopic (exact) mass is 469 g/mol. The highest BCUT2D eigenvalue weighted by atomic mass is 32.2. The van der Waals surface area contributed by atoms with E-state index in [4.69, 9.17) is 0 Å². The summed E-state index contributed by atoms with van der Waals surface area (Å²) in [5, 5.41) is 5.22. The lowest BCUT2D eigenvalue weighted by atomic mass is 10.0. The van der Waals surface area contributed by atoms with Crippen molar-refractivity contribution in [3.63, 3.8) is 0 Å². The van der Waals surface area contributed by atoms with Crippen molar-refractivity contribution < 1.29 is 13.2 Å². The summed E-state index contributed by atoms with van der Waals surface area (Å²) >= 11 is 1.36. The lowest BCUT2D eigenvalue weighted by molar-refractivity contribution is 0.102. The van der Waals surface area contributed by atoms with Crippen molar-refractivity contribution in [1.29, 1.82) is 0 Å². The topological polar surface area (TPSA) is 79.4 Å². The summed E-state index contributed by atoms with van der Waals surface area (Å²) in [5.41, 5.74) is 3.46. The summed E-state index contributed by atoms with van der Waals surface area (Å²) in [6, 6.07) is 14.4. The Balaban J connectivity index is 1.43. The van der Waals surface area contributed by atoms with Crippen molar-refractivity contribution in [3.8, 4) is 11.3 Å². The SMILES string of the molecule is CC(C)c1ccc(-c2csc(NC(=O)c3ccc(S(=O)(=O)N4CCCCC4)cc3)n2)cc1. The van der Waals surface area contributed by atoms with Gasteiger partial charge in [-0.3, -0.25) is 10.1 Å². The molecule has 0 radical (unpaired) electrons. The van der Waals surface area contributed by atoms with Crippen molar-refractivity contribution in [3.05, 3.63) is 65.0 Å². The average molecular weight is 470 g/mol. The first-order valence-electron chi connectivity index (χ1n) is 10.8. The van der Waals surface area contributed by atoms with Gasteiger partial charge in [0.2, 0.25) is 10.0 Å². The maximum Gasteiger partial charge on any atom is 0.257 e. The predicted octanol–water partition coefficient (Wildman–Crippen LogP) is 5.36. The molecule has 1 N–H and O–H groups in total. The van der Waals surface area contributed by atoms with Gasteiger partial charge >= 0.3 is 0 Å². The van der Waals surface area contributed by atoms with Gasteiger partial charge in [0.25, 0.3) is 5.91 Å². The second kappa shape index (κ2) is 9.52. The number of nitrogens with one attached hydrogen (secondary N) is 1. The smallest absolute Gasteiger partial charge is 0.257 e. The maximum absolute atomic E-state index is 12.8. The fourth-order valence-electron chi connectivity index (χ4n) is 3.70. The van der Waals surface area contributed by atoms with E-state index in [1.807, 2.05) is 17.5 Å². The van der Waals surface area contributed by atoms with Crippen LogP contribution in [0.2, 0.25) is 0 Å². The van der Waals surface area contributed by atoms with Crippen LogP contribution in [-0.4, -0.2) is 36.7 Å². The van der Waals surface area contributed by atoms with Gasteiger partial charge < -0.3 is 0 Å². The standard InChI is InChI=1S/C24H27N3O3S2/c1-17(2)18-6-8-19(9-7-18)22-16-31-24(25-22)26-23(28)20-10-12-21(13-11-20)32(29,30)27-14-4-3-5-15-27/h6-13,16-17H,3-5,14-15H2,1-2H3,(H,25,26,28). The zero-order chi connectivity index (χ0) is 22.7. The third-order valence-corrected chi connectivity index (χ3v) is 8.34. The number of hydrogen-bond acceptors (Lipinski definition) is 5. The van der Waals surface area contributed by atoms with E-state index in [1.54, 1.807) is 12.1 Å². The van der Waals surface area contributed by atoms with Crippen molar-refractivity contribution in [2.75, 3.05) is 18.4 Å². The number of nitrogens with zero attached hydrogens (tertiary/aromatic N) is 2. The Labute approximate surface area is 193 Å².